The molecule has 1 amide bonds. The Kier molecular flexibility index (Phi) is 5.25. The summed E-state index contributed by atoms with van der Waals surface area (Å²) in [5.41, 5.74) is 1.20. The predicted molar refractivity (Wildman–Crippen MR) is 104 cm³/mol. The average Bonchev–Trinajstić information content (AvgIpc) is 2.93. The maximum Gasteiger partial charge on any atom is 0.223 e. The van der Waals surface area contributed by atoms with E-state index >= 15 is 0 Å². The van der Waals surface area contributed by atoms with Gasteiger partial charge in [-0.3, -0.25) is 9.78 Å². The molecule has 2 fully saturated rings. The molecular formula is C21H23BrN2O2. The van der Waals surface area contributed by atoms with Crippen LogP contribution in [0.5, 0.6) is 5.75 Å². The number of piperidine rings is 1. The summed E-state index contributed by atoms with van der Waals surface area (Å²) >= 11 is 3.57. The molecule has 2 aliphatic heterocycles. The van der Waals surface area contributed by atoms with Crippen molar-refractivity contribution >= 4 is 21.8 Å². The first kappa shape index (κ1) is 17.5. The molecule has 4 rings (SSSR count). The highest BCUT2D eigenvalue weighted by Gasteiger charge is 2.43. The second-order valence-corrected chi connectivity index (χ2v) is 8.03. The Morgan fingerprint density at radius 2 is 1.92 bits per heavy atom. The molecule has 2 atom stereocenters. The van der Waals surface area contributed by atoms with Gasteiger partial charge in [0.1, 0.15) is 11.9 Å². The van der Waals surface area contributed by atoms with Crippen LogP contribution in [0.1, 0.15) is 37.7 Å². The number of benzene rings is 1. The Hall–Kier alpha value is -1.88. The molecule has 0 saturated carbocycles. The molecule has 2 aliphatic rings. The highest BCUT2D eigenvalue weighted by atomic mass is 79.9. The molecular weight excluding hydrogens is 392 g/mol. The van der Waals surface area contributed by atoms with Gasteiger partial charge in [0.2, 0.25) is 5.91 Å². The van der Waals surface area contributed by atoms with Crippen LogP contribution in [0.4, 0.5) is 0 Å². The maximum atomic E-state index is 12.9. The standard InChI is InChI=1S/C21H23BrN2O2/c22-20-6-2-1-4-15(20)7-10-21(25)24-16-8-9-17(24)13-19(12-16)26-18-5-3-11-23-14-18/h1-6,11,14,16-17,19H,7-10,12-13H2. The molecule has 2 saturated heterocycles. The fourth-order valence-corrected chi connectivity index (χ4v) is 4.79. The van der Waals surface area contributed by atoms with Crippen LogP contribution in [0.15, 0.2) is 53.3 Å². The second kappa shape index (κ2) is 7.78. The van der Waals surface area contributed by atoms with Gasteiger partial charge in [0.15, 0.2) is 0 Å². The number of nitrogens with zero attached hydrogens (tertiary/aromatic N) is 2. The number of aromatic nitrogens is 1. The van der Waals surface area contributed by atoms with Crippen molar-refractivity contribution < 1.29 is 9.53 Å². The van der Waals surface area contributed by atoms with Crippen LogP contribution in [0.3, 0.4) is 0 Å². The zero-order valence-electron chi connectivity index (χ0n) is 14.7. The van der Waals surface area contributed by atoms with Crippen LogP contribution >= 0.6 is 15.9 Å². The van der Waals surface area contributed by atoms with Crippen LogP contribution in [-0.2, 0) is 11.2 Å². The van der Waals surface area contributed by atoms with Gasteiger partial charge in [-0.2, -0.15) is 0 Å². The summed E-state index contributed by atoms with van der Waals surface area (Å²) in [7, 11) is 0. The molecule has 2 aromatic rings. The van der Waals surface area contributed by atoms with E-state index in [0.717, 1.165) is 42.3 Å². The zero-order valence-corrected chi connectivity index (χ0v) is 16.3. The highest BCUT2D eigenvalue weighted by molar-refractivity contribution is 9.10. The van der Waals surface area contributed by atoms with Crippen molar-refractivity contribution in [1.82, 2.24) is 9.88 Å². The Balaban J connectivity index is 1.35. The third-order valence-corrected chi connectivity index (χ3v) is 6.25. The molecule has 0 radical (unpaired) electrons. The first-order valence-electron chi connectivity index (χ1n) is 9.32. The molecule has 1 aromatic heterocycles. The molecule has 5 heteroatoms. The molecule has 0 aliphatic carbocycles. The smallest absolute Gasteiger partial charge is 0.223 e. The number of halogens is 1. The van der Waals surface area contributed by atoms with Gasteiger partial charge >= 0.3 is 0 Å². The summed E-state index contributed by atoms with van der Waals surface area (Å²) in [5, 5.41) is 0. The molecule has 136 valence electrons. The number of fused-ring (bicyclic) bond motifs is 2. The Morgan fingerprint density at radius 1 is 1.15 bits per heavy atom. The van der Waals surface area contributed by atoms with E-state index in [1.165, 1.54) is 5.56 Å². The van der Waals surface area contributed by atoms with E-state index in [4.69, 9.17) is 4.74 Å². The quantitative estimate of drug-likeness (QED) is 0.728. The summed E-state index contributed by atoms with van der Waals surface area (Å²) in [5.74, 6) is 1.11. The molecule has 3 heterocycles. The molecule has 2 bridgehead atoms. The lowest BCUT2D eigenvalue weighted by Crippen LogP contribution is -2.49. The lowest BCUT2D eigenvalue weighted by atomic mass is 9.98. The van der Waals surface area contributed by atoms with E-state index in [2.05, 4.69) is 31.9 Å². The number of rotatable bonds is 5. The van der Waals surface area contributed by atoms with Crippen LogP contribution in [0, 0.1) is 0 Å². The topological polar surface area (TPSA) is 42.4 Å². The molecule has 4 nitrogen and oxygen atoms in total. The van der Waals surface area contributed by atoms with E-state index < -0.39 is 0 Å². The predicted octanol–water partition coefficient (Wildman–Crippen LogP) is 4.38. The van der Waals surface area contributed by atoms with Crippen LogP contribution in [0.25, 0.3) is 0 Å². The summed E-state index contributed by atoms with van der Waals surface area (Å²) in [6.07, 6.45) is 9.09. The zero-order chi connectivity index (χ0) is 17.9. The average molecular weight is 415 g/mol. The van der Waals surface area contributed by atoms with Crippen molar-refractivity contribution in [2.75, 3.05) is 0 Å². The first-order chi connectivity index (χ1) is 12.7. The summed E-state index contributed by atoms with van der Waals surface area (Å²) < 4.78 is 7.19. The maximum absolute atomic E-state index is 12.9. The van der Waals surface area contributed by atoms with Gasteiger partial charge in [0.05, 0.1) is 6.20 Å². The van der Waals surface area contributed by atoms with Gasteiger partial charge in [0, 0.05) is 42.0 Å². The normalized spacial score (nSPS) is 24.5. The number of hydrogen-bond acceptors (Lipinski definition) is 3. The van der Waals surface area contributed by atoms with Crippen molar-refractivity contribution in [2.24, 2.45) is 0 Å². The van der Waals surface area contributed by atoms with Crippen molar-refractivity contribution in [2.45, 2.75) is 56.7 Å². The molecule has 26 heavy (non-hydrogen) atoms. The van der Waals surface area contributed by atoms with Crippen molar-refractivity contribution in [3.05, 3.63) is 58.8 Å². The number of carbonyl (C=O) groups excluding carboxylic acids is 1. The minimum Gasteiger partial charge on any atom is -0.489 e. The number of ether oxygens (including phenoxy) is 1. The molecule has 2 unspecified atom stereocenters. The molecule has 0 spiro atoms. The SMILES string of the molecule is O=C(CCc1ccccc1Br)N1C2CCC1CC(Oc1cccnc1)C2. The lowest BCUT2D eigenvalue weighted by molar-refractivity contribution is -0.137. The Morgan fingerprint density at radius 3 is 2.62 bits per heavy atom. The minimum absolute atomic E-state index is 0.184. The van der Waals surface area contributed by atoms with E-state index in [1.54, 1.807) is 12.4 Å². The third kappa shape index (κ3) is 3.78. The van der Waals surface area contributed by atoms with Gasteiger partial charge in [-0.05, 0) is 43.0 Å². The van der Waals surface area contributed by atoms with Gasteiger partial charge in [-0.25, -0.2) is 0 Å². The van der Waals surface area contributed by atoms with Crippen LogP contribution in [-0.4, -0.2) is 34.0 Å². The van der Waals surface area contributed by atoms with Gasteiger partial charge < -0.3 is 9.64 Å². The summed E-state index contributed by atoms with van der Waals surface area (Å²) in [6.45, 7) is 0. The Bertz CT molecular complexity index is 754. The minimum atomic E-state index is 0.184. The van der Waals surface area contributed by atoms with Crippen molar-refractivity contribution in [3.63, 3.8) is 0 Å². The lowest BCUT2D eigenvalue weighted by Gasteiger charge is -2.39. The molecule has 0 N–H and O–H groups in total. The fraction of sp³-hybridized carbons (Fsp3) is 0.429. The first-order valence-corrected chi connectivity index (χ1v) is 10.1. The highest BCUT2D eigenvalue weighted by Crippen LogP contribution is 2.37. The van der Waals surface area contributed by atoms with E-state index in [1.807, 2.05) is 30.3 Å². The second-order valence-electron chi connectivity index (χ2n) is 7.18. The number of carbonyl (C=O) groups is 1. The van der Waals surface area contributed by atoms with Crippen LogP contribution in [0.2, 0.25) is 0 Å². The largest absolute Gasteiger partial charge is 0.489 e. The third-order valence-electron chi connectivity index (χ3n) is 5.48. The van der Waals surface area contributed by atoms with Gasteiger partial charge in [0.25, 0.3) is 0 Å². The van der Waals surface area contributed by atoms with Gasteiger partial charge in [-0.15, -0.1) is 0 Å². The number of pyridine rings is 1. The van der Waals surface area contributed by atoms with E-state index in [0.29, 0.717) is 18.5 Å². The Labute approximate surface area is 162 Å². The van der Waals surface area contributed by atoms with Crippen LogP contribution < -0.4 is 4.74 Å². The number of hydrogen-bond donors (Lipinski definition) is 0. The number of amides is 1. The summed E-state index contributed by atoms with van der Waals surface area (Å²) in [4.78, 5) is 19.1. The monoisotopic (exact) mass is 414 g/mol. The molecule has 1 aromatic carbocycles. The van der Waals surface area contributed by atoms with Gasteiger partial charge in [-0.1, -0.05) is 34.1 Å². The number of aryl methyl sites for hydroxylation is 1. The van der Waals surface area contributed by atoms with E-state index in [9.17, 15) is 4.79 Å². The fourth-order valence-electron chi connectivity index (χ4n) is 4.31. The van der Waals surface area contributed by atoms with Crippen molar-refractivity contribution in [3.8, 4) is 5.75 Å². The van der Waals surface area contributed by atoms with Crippen molar-refractivity contribution in [1.29, 1.82) is 0 Å². The summed E-state index contributed by atoms with van der Waals surface area (Å²) in [6, 6.07) is 12.6. The van der Waals surface area contributed by atoms with E-state index in [-0.39, 0.29) is 12.0 Å².